The molecule has 0 aliphatic heterocycles. The second kappa shape index (κ2) is 5.37. The first-order chi connectivity index (χ1) is 10.1. The molecule has 7 heteroatoms. The number of para-hydroxylation sites is 2. The Bertz CT molecular complexity index is 792. The van der Waals surface area contributed by atoms with E-state index in [1.165, 1.54) is 11.3 Å². The van der Waals surface area contributed by atoms with Crippen LogP contribution in [0, 0.1) is 6.92 Å². The number of nitrogens with zero attached hydrogens (tertiary/aromatic N) is 3. The monoisotopic (exact) mass is 299 g/mol. The summed E-state index contributed by atoms with van der Waals surface area (Å²) in [6.45, 7) is 1.87. The summed E-state index contributed by atoms with van der Waals surface area (Å²) >= 11 is 1.38. The third-order valence-electron chi connectivity index (χ3n) is 2.84. The van der Waals surface area contributed by atoms with Gasteiger partial charge in [0.05, 0.1) is 17.1 Å². The van der Waals surface area contributed by atoms with Crippen molar-refractivity contribution < 1.29 is 4.79 Å². The van der Waals surface area contributed by atoms with Gasteiger partial charge < -0.3 is 5.73 Å². The smallest absolute Gasteiger partial charge is 0.277 e. The number of anilines is 2. The number of rotatable bonds is 3. The first-order valence-electron chi connectivity index (χ1n) is 6.27. The number of amides is 1. The van der Waals surface area contributed by atoms with Crippen molar-refractivity contribution in [3.63, 3.8) is 0 Å². The van der Waals surface area contributed by atoms with Crippen LogP contribution in [0.15, 0.2) is 41.9 Å². The van der Waals surface area contributed by atoms with Crippen LogP contribution in [0.5, 0.6) is 0 Å². The van der Waals surface area contributed by atoms with Gasteiger partial charge in [-0.1, -0.05) is 12.1 Å². The molecule has 2 aromatic heterocycles. The van der Waals surface area contributed by atoms with Gasteiger partial charge in [0, 0.05) is 11.6 Å². The van der Waals surface area contributed by atoms with Gasteiger partial charge in [-0.25, -0.2) is 9.67 Å². The molecular weight excluding hydrogens is 286 g/mol. The van der Waals surface area contributed by atoms with E-state index in [0.29, 0.717) is 16.5 Å². The summed E-state index contributed by atoms with van der Waals surface area (Å²) in [5, 5.41) is 9.40. The van der Waals surface area contributed by atoms with Crippen molar-refractivity contribution in [3.05, 3.63) is 53.3 Å². The molecule has 0 unspecified atom stereocenters. The average molecular weight is 299 g/mol. The molecule has 0 aliphatic rings. The third kappa shape index (κ3) is 2.77. The van der Waals surface area contributed by atoms with Crippen LogP contribution in [-0.4, -0.2) is 20.7 Å². The molecule has 2 heterocycles. The SMILES string of the molecule is Cc1csc(NC(=O)c2ccn(-c3ccccc3N)n2)n1. The molecule has 0 atom stereocenters. The van der Waals surface area contributed by atoms with Gasteiger partial charge in [-0.05, 0) is 25.1 Å². The van der Waals surface area contributed by atoms with Gasteiger partial charge in [-0.15, -0.1) is 11.3 Å². The molecule has 0 saturated carbocycles. The molecule has 0 fully saturated rings. The highest BCUT2D eigenvalue weighted by molar-refractivity contribution is 7.13. The third-order valence-corrected chi connectivity index (χ3v) is 3.72. The predicted molar refractivity (Wildman–Crippen MR) is 82.8 cm³/mol. The number of aromatic nitrogens is 3. The molecule has 3 rings (SSSR count). The van der Waals surface area contributed by atoms with Crippen molar-refractivity contribution in [2.24, 2.45) is 0 Å². The highest BCUT2D eigenvalue weighted by Crippen LogP contribution is 2.17. The molecule has 106 valence electrons. The molecule has 21 heavy (non-hydrogen) atoms. The lowest BCUT2D eigenvalue weighted by molar-refractivity contribution is 0.102. The Labute approximate surface area is 125 Å². The zero-order chi connectivity index (χ0) is 14.8. The molecule has 6 nitrogen and oxygen atoms in total. The van der Waals surface area contributed by atoms with E-state index < -0.39 is 0 Å². The summed E-state index contributed by atoms with van der Waals surface area (Å²) in [5.41, 5.74) is 8.42. The fourth-order valence-electron chi connectivity index (χ4n) is 1.85. The Kier molecular flexibility index (Phi) is 3.41. The number of hydrogen-bond donors (Lipinski definition) is 2. The number of nitrogens with one attached hydrogen (secondary N) is 1. The number of nitrogens with two attached hydrogens (primary N) is 1. The van der Waals surface area contributed by atoms with E-state index in [1.54, 1.807) is 23.0 Å². The molecular formula is C14H13N5OS. The lowest BCUT2D eigenvalue weighted by atomic mass is 10.3. The predicted octanol–water partition coefficient (Wildman–Crippen LogP) is 2.47. The van der Waals surface area contributed by atoms with Gasteiger partial charge in [-0.3, -0.25) is 10.1 Å². The van der Waals surface area contributed by atoms with Gasteiger partial charge in [-0.2, -0.15) is 5.10 Å². The molecule has 1 aromatic carbocycles. The summed E-state index contributed by atoms with van der Waals surface area (Å²) in [4.78, 5) is 16.3. The number of thiazole rings is 1. The number of aryl methyl sites for hydroxylation is 1. The Morgan fingerprint density at radius 1 is 1.33 bits per heavy atom. The van der Waals surface area contributed by atoms with E-state index >= 15 is 0 Å². The van der Waals surface area contributed by atoms with E-state index in [1.807, 2.05) is 30.5 Å². The number of carbonyl (C=O) groups is 1. The summed E-state index contributed by atoms with van der Waals surface area (Å²) in [6.07, 6.45) is 1.70. The molecule has 3 aromatic rings. The van der Waals surface area contributed by atoms with E-state index in [9.17, 15) is 4.79 Å². The lowest BCUT2D eigenvalue weighted by Gasteiger charge is -2.04. The van der Waals surface area contributed by atoms with Crippen molar-refractivity contribution in [2.75, 3.05) is 11.1 Å². The van der Waals surface area contributed by atoms with E-state index in [-0.39, 0.29) is 5.91 Å². The lowest BCUT2D eigenvalue weighted by Crippen LogP contribution is -2.13. The van der Waals surface area contributed by atoms with E-state index in [2.05, 4.69) is 15.4 Å². The van der Waals surface area contributed by atoms with Crippen LogP contribution in [0.3, 0.4) is 0 Å². The maximum absolute atomic E-state index is 12.1. The Balaban J connectivity index is 1.82. The largest absolute Gasteiger partial charge is 0.397 e. The normalized spacial score (nSPS) is 10.5. The Hall–Kier alpha value is -2.67. The molecule has 1 amide bonds. The van der Waals surface area contributed by atoms with Crippen LogP contribution in [0.4, 0.5) is 10.8 Å². The van der Waals surface area contributed by atoms with Crippen LogP contribution < -0.4 is 11.1 Å². The molecule has 0 saturated heterocycles. The highest BCUT2D eigenvalue weighted by Gasteiger charge is 2.12. The van der Waals surface area contributed by atoms with Gasteiger partial charge in [0.1, 0.15) is 0 Å². The van der Waals surface area contributed by atoms with Crippen LogP contribution in [0.25, 0.3) is 5.69 Å². The number of nitrogen functional groups attached to an aromatic ring is 1. The van der Waals surface area contributed by atoms with E-state index in [4.69, 9.17) is 5.73 Å². The minimum Gasteiger partial charge on any atom is -0.397 e. The van der Waals surface area contributed by atoms with Crippen molar-refractivity contribution >= 4 is 28.1 Å². The number of hydrogen-bond acceptors (Lipinski definition) is 5. The Morgan fingerprint density at radius 3 is 2.86 bits per heavy atom. The molecule has 3 N–H and O–H groups in total. The summed E-state index contributed by atoms with van der Waals surface area (Å²) in [5.74, 6) is -0.294. The zero-order valence-electron chi connectivity index (χ0n) is 11.3. The second-order valence-corrected chi connectivity index (χ2v) is 5.31. The zero-order valence-corrected chi connectivity index (χ0v) is 12.1. The Morgan fingerprint density at radius 2 is 2.14 bits per heavy atom. The average Bonchev–Trinajstić information content (AvgIpc) is 3.09. The maximum atomic E-state index is 12.1. The van der Waals surface area contributed by atoms with Gasteiger partial charge in [0.15, 0.2) is 10.8 Å². The molecule has 0 radical (unpaired) electrons. The minimum atomic E-state index is -0.294. The maximum Gasteiger partial charge on any atom is 0.277 e. The second-order valence-electron chi connectivity index (χ2n) is 4.45. The van der Waals surface area contributed by atoms with Crippen LogP contribution >= 0.6 is 11.3 Å². The van der Waals surface area contributed by atoms with Crippen molar-refractivity contribution in [2.45, 2.75) is 6.92 Å². The minimum absolute atomic E-state index is 0.294. The van der Waals surface area contributed by atoms with Crippen LogP contribution in [0.2, 0.25) is 0 Å². The first kappa shape index (κ1) is 13.3. The molecule has 0 bridgehead atoms. The van der Waals surface area contributed by atoms with Gasteiger partial charge in [0.25, 0.3) is 5.91 Å². The van der Waals surface area contributed by atoms with Crippen molar-refractivity contribution in [3.8, 4) is 5.69 Å². The fraction of sp³-hybridized carbons (Fsp3) is 0.0714. The van der Waals surface area contributed by atoms with Crippen LogP contribution in [0.1, 0.15) is 16.2 Å². The van der Waals surface area contributed by atoms with Gasteiger partial charge >= 0.3 is 0 Å². The summed E-state index contributed by atoms with van der Waals surface area (Å²) in [6, 6.07) is 8.98. The van der Waals surface area contributed by atoms with Gasteiger partial charge in [0.2, 0.25) is 0 Å². The van der Waals surface area contributed by atoms with Crippen molar-refractivity contribution in [1.82, 2.24) is 14.8 Å². The first-order valence-corrected chi connectivity index (χ1v) is 7.15. The molecule has 0 spiro atoms. The topological polar surface area (TPSA) is 85.8 Å². The van der Waals surface area contributed by atoms with Crippen LogP contribution in [-0.2, 0) is 0 Å². The molecule has 0 aliphatic carbocycles. The highest BCUT2D eigenvalue weighted by atomic mass is 32.1. The number of benzene rings is 1. The summed E-state index contributed by atoms with van der Waals surface area (Å²) < 4.78 is 1.58. The summed E-state index contributed by atoms with van der Waals surface area (Å²) in [7, 11) is 0. The fourth-order valence-corrected chi connectivity index (χ4v) is 2.53. The quantitative estimate of drug-likeness (QED) is 0.727. The number of carbonyl (C=O) groups excluding carboxylic acids is 1. The standard InChI is InChI=1S/C14H13N5OS/c1-9-8-21-14(16-9)17-13(20)11-6-7-19(18-11)12-5-3-2-4-10(12)15/h2-8H,15H2,1H3,(H,16,17,20). The van der Waals surface area contributed by atoms with E-state index in [0.717, 1.165) is 11.4 Å². The van der Waals surface area contributed by atoms with Crippen molar-refractivity contribution in [1.29, 1.82) is 0 Å².